The third-order valence-corrected chi connectivity index (χ3v) is 5.23. The van der Waals surface area contributed by atoms with Crippen LogP contribution < -0.4 is 10.6 Å². The van der Waals surface area contributed by atoms with Gasteiger partial charge in [-0.2, -0.15) is 13.2 Å². The van der Waals surface area contributed by atoms with E-state index in [1.165, 1.54) is 13.0 Å². The largest absolute Gasteiger partial charge is 0.417 e. The molecule has 2 atom stereocenters. The highest BCUT2D eigenvalue weighted by molar-refractivity contribution is 6.00. The summed E-state index contributed by atoms with van der Waals surface area (Å²) in [7, 11) is 1.84. The summed E-state index contributed by atoms with van der Waals surface area (Å²) in [6, 6.07) is 5.92. The molecule has 9 heteroatoms. The second kappa shape index (κ2) is 9.57. The van der Waals surface area contributed by atoms with Gasteiger partial charge in [0.1, 0.15) is 11.9 Å². The van der Waals surface area contributed by atoms with Gasteiger partial charge in [-0.25, -0.2) is 9.37 Å². The minimum Gasteiger partial charge on any atom is -0.379 e. The number of pyridine rings is 1. The molecule has 0 aliphatic carbocycles. The van der Waals surface area contributed by atoms with Crippen LogP contribution in [0.2, 0.25) is 0 Å². The number of carbonyl (C=O) groups is 1. The highest BCUT2D eigenvalue weighted by Crippen LogP contribution is 2.37. The van der Waals surface area contributed by atoms with Crippen molar-refractivity contribution in [3.8, 4) is 11.8 Å². The summed E-state index contributed by atoms with van der Waals surface area (Å²) in [5.41, 5.74) is -0.823. The lowest BCUT2D eigenvalue weighted by Gasteiger charge is -2.33. The average molecular weight is 448 g/mol. The summed E-state index contributed by atoms with van der Waals surface area (Å²) in [5, 5.41) is 6.34. The Morgan fingerprint density at radius 1 is 1.34 bits per heavy atom. The van der Waals surface area contributed by atoms with Gasteiger partial charge in [-0.15, -0.1) is 0 Å². The first-order valence-corrected chi connectivity index (χ1v) is 10.1. The van der Waals surface area contributed by atoms with Crippen molar-refractivity contribution in [2.45, 2.75) is 31.7 Å². The third-order valence-electron chi connectivity index (χ3n) is 5.23. The Kier molecular flexibility index (Phi) is 7.04. The van der Waals surface area contributed by atoms with Crippen molar-refractivity contribution in [3.05, 3.63) is 42.2 Å². The maximum absolute atomic E-state index is 14.6. The number of rotatable bonds is 4. The van der Waals surface area contributed by atoms with Gasteiger partial charge < -0.3 is 15.5 Å². The predicted octanol–water partition coefficient (Wildman–Crippen LogP) is 3.75. The lowest BCUT2D eigenvalue weighted by molar-refractivity contribution is -0.118. The molecule has 1 aromatic heterocycles. The van der Waals surface area contributed by atoms with Gasteiger partial charge in [0.25, 0.3) is 0 Å². The van der Waals surface area contributed by atoms with Gasteiger partial charge in [-0.05, 0) is 31.5 Å². The fourth-order valence-corrected chi connectivity index (χ4v) is 3.55. The van der Waals surface area contributed by atoms with Crippen molar-refractivity contribution in [1.82, 2.24) is 15.2 Å². The topological polar surface area (TPSA) is 57.3 Å². The monoisotopic (exact) mass is 448 g/mol. The summed E-state index contributed by atoms with van der Waals surface area (Å²) >= 11 is 0. The maximum Gasteiger partial charge on any atom is 0.417 e. The zero-order valence-corrected chi connectivity index (χ0v) is 17.8. The number of aromatic nitrogens is 1. The number of piperidine rings is 1. The second-order valence-electron chi connectivity index (χ2n) is 7.76. The van der Waals surface area contributed by atoms with Gasteiger partial charge >= 0.3 is 6.18 Å². The molecular formula is C23H24F4N4O. The van der Waals surface area contributed by atoms with Crippen molar-refractivity contribution in [2.75, 3.05) is 32.0 Å². The number of carbonyl (C=O) groups excluding carboxylic acids is 1. The van der Waals surface area contributed by atoms with Gasteiger partial charge in [0.15, 0.2) is 0 Å². The minimum atomic E-state index is -4.68. The molecular weight excluding hydrogens is 424 g/mol. The van der Waals surface area contributed by atoms with Crippen LogP contribution in [0.15, 0.2) is 30.8 Å². The van der Waals surface area contributed by atoms with Crippen molar-refractivity contribution < 1.29 is 22.4 Å². The van der Waals surface area contributed by atoms with Crippen molar-refractivity contribution >= 4 is 27.9 Å². The van der Waals surface area contributed by atoms with Crippen LogP contribution in [0.1, 0.15) is 24.7 Å². The number of nitrogens with one attached hydrogen (secondary N) is 2. The Balaban J connectivity index is 2.06. The molecule has 1 saturated heterocycles. The Bertz CT molecular complexity index is 1090. The van der Waals surface area contributed by atoms with Gasteiger partial charge in [0, 0.05) is 36.5 Å². The molecule has 1 aliphatic heterocycles. The molecule has 1 amide bonds. The van der Waals surface area contributed by atoms with E-state index < -0.39 is 24.0 Å². The van der Waals surface area contributed by atoms with Crippen LogP contribution in [0.5, 0.6) is 0 Å². The Hall–Kier alpha value is -3.12. The molecule has 170 valence electrons. The van der Waals surface area contributed by atoms with Gasteiger partial charge in [0.2, 0.25) is 5.91 Å². The van der Waals surface area contributed by atoms with Gasteiger partial charge in [0.05, 0.1) is 23.9 Å². The number of anilines is 1. The number of hydrogen-bond acceptors (Lipinski definition) is 4. The highest BCUT2D eigenvalue weighted by atomic mass is 19.4. The number of amides is 1. The van der Waals surface area contributed by atoms with Crippen LogP contribution in [-0.2, 0) is 4.79 Å². The zero-order chi connectivity index (χ0) is 23.5. The van der Waals surface area contributed by atoms with Crippen LogP contribution in [0, 0.1) is 11.8 Å². The number of fused-ring (bicyclic) bond motifs is 1. The molecule has 2 N–H and O–H groups in total. The standard InChI is InChI=1S/C23H24F4N4O/c1-14(23(25,26)27)22-17-7-4-8-20(30-21-9-11-31(3)13-19(21)24)18(17)12-16(29-22)6-5-10-28-15(2)32/h4,7-8,12,19,21,30H,1,9-11,13H2,2-3H3,(H,28,32). The van der Waals surface area contributed by atoms with E-state index in [-0.39, 0.29) is 35.8 Å². The summed E-state index contributed by atoms with van der Waals surface area (Å²) in [5.74, 6) is 5.09. The second-order valence-corrected chi connectivity index (χ2v) is 7.76. The molecule has 1 aromatic carbocycles. The summed E-state index contributed by atoms with van der Waals surface area (Å²) in [6.45, 7) is 5.55. The number of nitrogens with zero attached hydrogens (tertiary/aromatic N) is 2. The number of hydrogen-bond donors (Lipinski definition) is 2. The Morgan fingerprint density at radius 2 is 2.09 bits per heavy atom. The number of allylic oxidation sites excluding steroid dienone is 1. The lowest BCUT2D eigenvalue weighted by atomic mass is 9.99. The summed E-state index contributed by atoms with van der Waals surface area (Å²) in [6.07, 6.45) is -5.24. The maximum atomic E-state index is 14.6. The molecule has 0 radical (unpaired) electrons. The van der Waals surface area contributed by atoms with E-state index in [0.29, 0.717) is 24.0 Å². The first kappa shape index (κ1) is 23.5. The van der Waals surface area contributed by atoms with E-state index in [4.69, 9.17) is 0 Å². The zero-order valence-electron chi connectivity index (χ0n) is 17.8. The van der Waals surface area contributed by atoms with Crippen LogP contribution in [0.4, 0.5) is 23.2 Å². The summed E-state index contributed by atoms with van der Waals surface area (Å²) < 4.78 is 54.9. The van der Waals surface area contributed by atoms with E-state index in [9.17, 15) is 22.4 Å². The van der Waals surface area contributed by atoms with Gasteiger partial charge in [-0.3, -0.25) is 4.79 Å². The van der Waals surface area contributed by atoms with Crippen molar-refractivity contribution in [3.63, 3.8) is 0 Å². The Morgan fingerprint density at radius 3 is 2.75 bits per heavy atom. The van der Waals surface area contributed by atoms with E-state index in [1.807, 2.05) is 11.9 Å². The molecule has 2 aromatic rings. The van der Waals surface area contributed by atoms with E-state index in [2.05, 4.69) is 34.0 Å². The highest BCUT2D eigenvalue weighted by Gasteiger charge is 2.35. The van der Waals surface area contributed by atoms with Crippen LogP contribution in [0.25, 0.3) is 16.3 Å². The number of halogens is 4. The molecule has 1 fully saturated rings. The normalized spacial score (nSPS) is 19.2. The van der Waals surface area contributed by atoms with Crippen LogP contribution in [-0.4, -0.2) is 60.9 Å². The fourth-order valence-electron chi connectivity index (χ4n) is 3.55. The van der Waals surface area contributed by atoms with E-state index in [1.54, 1.807) is 18.2 Å². The quantitative estimate of drug-likeness (QED) is 0.553. The number of likely N-dealkylation sites (tertiary alicyclic amines) is 1. The first-order valence-electron chi connectivity index (χ1n) is 10.1. The number of alkyl halides is 4. The number of benzene rings is 1. The van der Waals surface area contributed by atoms with Gasteiger partial charge in [-0.1, -0.05) is 24.6 Å². The van der Waals surface area contributed by atoms with E-state index in [0.717, 1.165) is 0 Å². The van der Waals surface area contributed by atoms with Crippen LogP contribution >= 0.6 is 0 Å². The third kappa shape index (κ3) is 5.56. The van der Waals surface area contributed by atoms with Crippen molar-refractivity contribution in [1.29, 1.82) is 0 Å². The molecule has 0 spiro atoms. The molecule has 2 unspecified atom stereocenters. The average Bonchev–Trinajstić information content (AvgIpc) is 2.71. The van der Waals surface area contributed by atoms with Crippen molar-refractivity contribution in [2.24, 2.45) is 0 Å². The Labute approximate surface area is 183 Å². The SMILES string of the molecule is C=C(c1nc(C#CCNC(C)=O)cc2c(NC3CCN(C)CC3F)cccc12)C(F)(F)F. The van der Waals surface area contributed by atoms with Crippen LogP contribution in [0.3, 0.4) is 0 Å². The predicted molar refractivity (Wildman–Crippen MR) is 117 cm³/mol. The molecule has 5 nitrogen and oxygen atoms in total. The minimum absolute atomic E-state index is 0.0314. The molecule has 1 aliphatic rings. The van der Waals surface area contributed by atoms with E-state index >= 15 is 0 Å². The molecule has 0 saturated carbocycles. The molecule has 2 heterocycles. The lowest BCUT2D eigenvalue weighted by Crippen LogP contribution is -2.46. The first-order chi connectivity index (χ1) is 15.1. The molecule has 0 bridgehead atoms. The molecule has 3 rings (SSSR count). The smallest absolute Gasteiger partial charge is 0.379 e. The fraction of sp³-hybridized carbons (Fsp3) is 0.391. The summed E-state index contributed by atoms with van der Waals surface area (Å²) in [4.78, 5) is 17.0. The molecule has 32 heavy (non-hydrogen) atoms.